The molecule has 1 fully saturated rings. The number of halogens is 2. The summed E-state index contributed by atoms with van der Waals surface area (Å²) >= 11 is 0. The third-order valence-electron chi connectivity index (χ3n) is 2.96. The van der Waals surface area contributed by atoms with E-state index in [1.54, 1.807) is 6.20 Å². The van der Waals surface area contributed by atoms with Crippen molar-refractivity contribution in [1.29, 1.82) is 5.41 Å². The lowest BCUT2D eigenvalue weighted by atomic mass is 10.2. The van der Waals surface area contributed by atoms with Crippen LogP contribution in [0.25, 0.3) is 0 Å². The highest BCUT2D eigenvalue weighted by Crippen LogP contribution is 2.19. The number of nitrogens with one attached hydrogen (secondary N) is 1. The molecule has 5 nitrogen and oxygen atoms in total. The van der Waals surface area contributed by atoms with Gasteiger partial charge in [-0.1, -0.05) is 0 Å². The molecule has 2 heterocycles. The van der Waals surface area contributed by atoms with E-state index in [2.05, 4.69) is 23.7 Å². The summed E-state index contributed by atoms with van der Waals surface area (Å²) in [5.74, 6) is 0.963. The van der Waals surface area contributed by atoms with Gasteiger partial charge in [0.1, 0.15) is 11.7 Å². The van der Waals surface area contributed by atoms with E-state index < -0.39 is 0 Å². The van der Waals surface area contributed by atoms with Gasteiger partial charge in [-0.3, -0.25) is 5.41 Å². The fraction of sp³-hybridized carbons (Fsp3) is 0.500. The first-order valence-electron chi connectivity index (χ1n) is 5.76. The monoisotopic (exact) mass is 306 g/mol. The van der Waals surface area contributed by atoms with E-state index in [0.717, 1.165) is 19.0 Å². The minimum Gasteiger partial charge on any atom is -0.384 e. The minimum absolute atomic E-state index is 0. The van der Waals surface area contributed by atoms with Gasteiger partial charge >= 0.3 is 0 Å². The Hall–Kier alpha value is -1.04. The largest absolute Gasteiger partial charge is 0.384 e. The van der Waals surface area contributed by atoms with Crippen LogP contribution in [-0.2, 0) is 4.74 Å². The van der Waals surface area contributed by atoms with E-state index >= 15 is 0 Å². The number of anilines is 1. The van der Waals surface area contributed by atoms with Crippen molar-refractivity contribution < 1.29 is 4.74 Å². The number of nitrogen functional groups attached to an aromatic ring is 1. The third kappa shape index (κ3) is 4.23. The van der Waals surface area contributed by atoms with Crippen LogP contribution in [0.5, 0.6) is 0 Å². The van der Waals surface area contributed by atoms with Crippen molar-refractivity contribution in [3.8, 4) is 0 Å². The number of amidine groups is 1. The first-order valence-corrected chi connectivity index (χ1v) is 5.76. The Morgan fingerprint density at radius 2 is 2.11 bits per heavy atom. The number of ether oxygens (including phenoxy) is 1. The van der Waals surface area contributed by atoms with Gasteiger partial charge in [0.05, 0.1) is 18.8 Å². The second kappa shape index (κ2) is 7.53. The molecule has 0 radical (unpaired) electrons. The van der Waals surface area contributed by atoms with Crippen molar-refractivity contribution in [1.82, 2.24) is 4.98 Å². The SMILES string of the molecule is CC1CN(c2ccc(C(=N)N)cn2)C(C)CO1.Cl.Cl. The molecule has 0 spiro atoms. The van der Waals surface area contributed by atoms with Crippen LogP contribution in [0.2, 0.25) is 0 Å². The lowest BCUT2D eigenvalue weighted by Gasteiger charge is -2.37. The van der Waals surface area contributed by atoms with Gasteiger partial charge in [0.25, 0.3) is 0 Å². The highest BCUT2D eigenvalue weighted by Gasteiger charge is 2.24. The predicted octanol–water partition coefficient (Wildman–Crippen LogP) is 1.82. The molecule has 0 bridgehead atoms. The number of hydrogen-bond acceptors (Lipinski definition) is 4. The quantitative estimate of drug-likeness (QED) is 0.645. The summed E-state index contributed by atoms with van der Waals surface area (Å²) < 4.78 is 5.58. The summed E-state index contributed by atoms with van der Waals surface area (Å²) in [7, 11) is 0. The van der Waals surface area contributed by atoms with Crippen LogP contribution < -0.4 is 10.6 Å². The number of aromatic nitrogens is 1. The molecule has 0 saturated carbocycles. The van der Waals surface area contributed by atoms with Gasteiger partial charge in [0, 0.05) is 18.3 Å². The molecule has 0 aliphatic carbocycles. The van der Waals surface area contributed by atoms with Crippen molar-refractivity contribution in [3.05, 3.63) is 23.9 Å². The third-order valence-corrected chi connectivity index (χ3v) is 2.96. The Labute approximate surface area is 125 Å². The lowest BCUT2D eigenvalue weighted by molar-refractivity contribution is 0.0340. The summed E-state index contributed by atoms with van der Waals surface area (Å²) in [6.07, 6.45) is 1.87. The molecule has 2 unspecified atom stereocenters. The Kier molecular flexibility index (Phi) is 7.11. The number of morpholine rings is 1. The molecule has 3 N–H and O–H groups in total. The summed E-state index contributed by atoms with van der Waals surface area (Å²) in [6, 6.07) is 4.06. The average Bonchev–Trinajstić information content (AvgIpc) is 2.32. The highest BCUT2D eigenvalue weighted by atomic mass is 35.5. The highest BCUT2D eigenvalue weighted by molar-refractivity contribution is 5.94. The molecular formula is C12H20Cl2N4O. The molecule has 108 valence electrons. The second-order valence-corrected chi connectivity index (χ2v) is 4.46. The molecule has 1 aromatic heterocycles. The molecule has 1 aliphatic heterocycles. The van der Waals surface area contributed by atoms with Gasteiger partial charge in [0.15, 0.2) is 0 Å². The zero-order chi connectivity index (χ0) is 12.4. The first kappa shape index (κ1) is 18.0. The second-order valence-electron chi connectivity index (χ2n) is 4.46. The van der Waals surface area contributed by atoms with E-state index in [9.17, 15) is 0 Å². The maximum Gasteiger partial charge on any atom is 0.128 e. The molecular weight excluding hydrogens is 287 g/mol. The molecule has 2 rings (SSSR count). The summed E-state index contributed by atoms with van der Waals surface area (Å²) in [4.78, 5) is 6.58. The van der Waals surface area contributed by atoms with Gasteiger partial charge in [-0.05, 0) is 26.0 Å². The van der Waals surface area contributed by atoms with Gasteiger partial charge in [-0.25, -0.2) is 4.98 Å². The van der Waals surface area contributed by atoms with Crippen LogP contribution in [0.15, 0.2) is 18.3 Å². The van der Waals surface area contributed by atoms with E-state index in [1.807, 2.05) is 12.1 Å². The van der Waals surface area contributed by atoms with Gasteiger partial charge in [-0.2, -0.15) is 0 Å². The van der Waals surface area contributed by atoms with Crippen LogP contribution in [0, 0.1) is 5.41 Å². The van der Waals surface area contributed by atoms with Gasteiger partial charge < -0.3 is 15.4 Å². The number of pyridine rings is 1. The predicted molar refractivity (Wildman–Crippen MR) is 82.0 cm³/mol. The molecule has 1 saturated heterocycles. The normalized spacial score (nSPS) is 22.1. The Bertz CT molecular complexity index is 413. The van der Waals surface area contributed by atoms with Crippen LogP contribution in [-0.4, -0.2) is 36.1 Å². The van der Waals surface area contributed by atoms with E-state index in [1.165, 1.54) is 0 Å². The van der Waals surface area contributed by atoms with Gasteiger partial charge in [0.2, 0.25) is 0 Å². The number of rotatable bonds is 2. The molecule has 1 aromatic rings. The first-order chi connectivity index (χ1) is 8.08. The van der Waals surface area contributed by atoms with Crippen molar-refractivity contribution >= 4 is 36.5 Å². The maximum absolute atomic E-state index is 7.33. The average molecular weight is 307 g/mol. The smallest absolute Gasteiger partial charge is 0.128 e. The lowest BCUT2D eigenvalue weighted by Crippen LogP contribution is -2.47. The van der Waals surface area contributed by atoms with Gasteiger partial charge in [-0.15, -0.1) is 24.8 Å². The Morgan fingerprint density at radius 1 is 1.42 bits per heavy atom. The van der Waals surface area contributed by atoms with Crippen molar-refractivity contribution in [2.45, 2.75) is 26.0 Å². The van der Waals surface area contributed by atoms with E-state index in [4.69, 9.17) is 15.9 Å². The molecule has 19 heavy (non-hydrogen) atoms. The van der Waals surface area contributed by atoms with Crippen LogP contribution in [0.1, 0.15) is 19.4 Å². The van der Waals surface area contributed by atoms with Crippen molar-refractivity contribution in [2.75, 3.05) is 18.1 Å². The van der Waals surface area contributed by atoms with Crippen LogP contribution in [0.3, 0.4) is 0 Å². The summed E-state index contributed by atoms with van der Waals surface area (Å²) in [5, 5.41) is 7.33. The maximum atomic E-state index is 7.33. The number of hydrogen-bond donors (Lipinski definition) is 2. The molecule has 0 amide bonds. The molecule has 0 aromatic carbocycles. The molecule has 1 aliphatic rings. The van der Waals surface area contributed by atoms with E-state index in [0.29, 0.717) is 11.6 Å². The zero-order valence-electron chi connectivity index (χ0n) is 11.0. The minimum atomic E-state index is 0. The van der Waals surface area contributed by atoms with Crippen LogP contribution >= 0.6 is 24.8 Å². The number of nitrogens with two attached hydrogens (primary N) is 1. The molecule has 2 atom stereocenters. The Morgan fingerprint density at radius 3 is 2.63 bits per heavy atom. The van der Waals surface area contributed by atoms with Crippen molar-refractivity contribution in [3.63, 3.8) is 0 Å². The fourth-order valence-corrected chi connectivity index (χ4v) is 1.94. The van der Waals surface area contributed by atoms with Crippen LogP contribution in [0.4, 0.5) is 5.82 Å². The fourth-order valence-electron chi connectivity index (χ4n) is 1.94. The molecule has 7 heteroatoms. The van der Waals surface area contributed by atoms with Crippen molar-refractivity contribution in [2.24, 2.45) is 5.73 Å². The summed E-state index contributed by atoms with van der Waals surface area (Å²) in [5.41, 5.74) is 6.06. The zero-order valence-corrected chi connectivity index (χ0v) is 12.6. The standard InChI is InChI=1S/C12H18N4O.2ClH/c1-8-7-17-9(2)6-16(8)11-4-3-10(5-15-11)12(13)14;;/h3-5,8-9H,6-7H2,1-2H3,(H3,13,14);2*1H. The van der Waals surface area contributed by atoms with E-state index in [-0.39, 0.29) is 36.8 Å². The Balaban J connectivity index is 0.00000162. The topological polar surface area (TPSA) is 75.2 Å². The number of nitrogens with zero attached hydrogens (tertiary/aromatic N) is 2. The summed E-state index contributed by atoms with van der Waals surface area (Å²) in [6.45, 7) is 5.74.